The Kier molecular flexibility index (Phi) is 3.89. The lowest BCUT2D eigenvalue weighted by molar-refractivity contribution is -0.145. The van der Waals surface area contributed by atoms with Gasteiger partial charge in [-0.2, -0.15) is 0 Å². The number of ether oxygens (including phenoxy) is 1. The van der Waals surface area contributed by atoms with Crippen molar-refractivity contribution in [3.05, 3.63) is 23.5 Å². The number of aliphatic hydroxyl groups excluding tert-OH is 1. The third-order valence-corrected chi connectivity index (χ3v) is 3.33. The van der Waals surface area contributed by atoms with Crippen LogP contribution in [-0.2, 0) is 9.53 Å². The summed E-state index contributed by atoms with van der Waals surface area (Å²) in [6.45, 7) is 1.46. The summed E-state index contributed by atoms with van der Waals surface area (Å²) >= 11 is 0. The van der Waals surface area contributed by atoms with Gasteiger partial charge in [0, 0.05) is 24.7 Å². The molecule has 1 saturated heterocycles. The van der Waals surface area contributed by atoms with Crippen molar-refractivity contribution in [1.82, 2.24) is 9.88 Å². The molecule has 2 rings (SSSR count). The van der Waals surface area contributed by atoms with Crippen molar-refractivity contribution in [3.63, 3.8) is 0 Å². The molecule has 108 valence electrons. The Balaban J connectivity index is 2.21. The summed E-state index contributed by atoms with van der Waals surface area (Å²) in [5.74, 6) is -1.16. The van der Waals surface area contributed by atoms with Crippen molar-refractivity contribution in [2.75, 3.05) is 13.7 Å². The van der Waals surface area contributed by atoms with Gasteiger partial charge in [0.25, 0.3) is 5.91 Å². The molecular weight excluding hydrogens is 264 g/mol. The normalized spacial score (nSPS) is 21.9. The first-order valence-electron chi connectivity index (χ1n) is 6.20. The second-order valence-corrected chi connectivity index (χ2v) is 4.74. The van der Waals surface area contributed by atoms with Crippen LogP contribution in [0.5, 0.6) is 0 Å². The van der Waals surface area contributed by atoms with Crippen molar-refractivity contribution in [3.8, 4) is 0 Å². The van der Waals surface area contributed by atoms with E-state index < -0.39 is 24.0 Å². The van der Waals surface area contributed by atoms with Crippen LogP contribution in [0.25, 0.3) is 0 Å². The van der Waals surface area contributed by atoms with Gasteiger partial charge in [-0.3, -0.25) is 9.59 Å². The summed E-state index contributed by atoms with van der Waals surface area (Å²) in [7, 11) is 1.23. The second kappa shape index (κ2) is 5.46. The zero-order chi connectivity index (χ0) is 14.9. The summed E-state index contributed by atoms with van der Waals surface area (Å²) in [6.07, 6.45) is 0.832. The number of nitrogens with zero attached hydrogens (tertiary/aromatic N) is 1. The Labute approximate surface area is 115 Å². The summed E-state index contributed by atoms with van der Waals surface area (Å²) < 4.78 is 4.63. The maximum absolute atomic E-state index is 12.3. The quantitative estimate of drug-likeness (QED) is 0.598. The number of amides is 1. The highest BCUT2D eigenvalue weighted by Crippen LogP contribution is 2.21. The van der Waals surface area contributed by atoms with Gasteiger partial charge in [0.15, 0.2) is 5.78 Å². The number of aromatic amines is 1. The van der Waals surface area contributed by atoms with Crippen LogP contribution in [-0.4, -0.2) is 58.5 Å². The molecule has 2 atom stereocenters. The average Bonchev–Trinajstić information content (AvgIpc) is 3.03. The minimum absolute atomic E-state index is 0.0625. The number of likely N-dealkylation sites (tertiary alicyclic amines) is 1. The molecule has 2 unspecified atom stereocenters. The fraction of sp³-hybridized carbons (Fsp3) is 0.462. The lowest BCUT2D eigenvalue weighted by Gasteiger charge is -2.21. The van der Waals surface area contributed by atoms with Gasteiger partial charge < -0.3 is 19.7 Å². The number of rotatable bonds is 3. The van der Waals surface area contributed by atoms with Gasteiger partial charge in [-0.05, 0) is 13.0 Å². The maximum atomic E-state index is 12.3. The van der Waals surface area contributed by atoms with Crippen LogP contribution in [0.3, 0.4) is 0 Å². The maximum Gasteiger partial charge on any atom is 0.328 e. The summed E-state index contributed by atoms with van der Waals surface area (Å²) in [5, 5.41) is 9.64. The largest absolute Gasteiger partial charge is 0.467 e. The number of Topliss-reactive ketones (excluding diaryl/α,β-unsaturated/α-hetero) is 1. The predicted molar refractivity (Wildman–Crippen MR) is 68.3 cm³/mol. The number of aliphatic hydroxyl groups is 1. The van der Waals surface area contributed by atoms with Crippen LogP contribution < -0.4 is 0 Å². The monoisotopic (exact) mass is 280 g/mol. The van der Waals surface area contributed by atoms with Gasteiger partial charge in [-0.15, -0.1) is 0 Å². The standard InChI is InChI=1S/C13H16N2O5/c1-7(16)8-3-10(14-5-8)12(18)15-6-9(17)4-11(15)13(19)20-2/h3,5,9,11,14,17H,4,6H2,1-2H3. The molecule has 1 aromatic heterocycles. The molecule has 2 N–H and O–H groups in total. The molecular formula is C13H16N2O5. The van der Waals surface area contributed by atoms with E-state index in [0.29, 0.717) is 5.56 Å². The highest BCUT2D eigenvalue weighted by atomic mass is 16.5. The Morgan fingerprint density at radius 2 is 2.15 bits per heavy atom. The molecule has 0 aromatic carbocycles. The summed E-state index contributed by atoms with van der Waals surface area (Å²) in [4.78, 5) is 39.1. The van der Waals surface area contributed by atoms with E-state index in [1.54, 1.807) is 0 Å². The molecule has 20 heavy (non-hydrogen) atoms. The smallest absolute Gasteiger partial charge is 0.328 e. The van der Waals surface area contributed by atoms with E-state index in [9.17, 15) is 19.5 Å². The third kappa shape index (κ3) is 2.57. The molecule has 0 bridgehead atoms. The molecule has 1 amide bonds. The van der Waals surface area contributed by atoms with E-state index in [-0.39, 0.29) is 24.4 Å². The Bertz CT molecular complexity index is 551. The highest BCUT2D eigenvalue weighted by Gasteiger charge is 2.40. The van der Waals surface area contributed by atoms with Crippen molar-refractivity contribution in [2.24, 2.45) is 0 Å². The van der Waals surface area contributed by atoms with Crippen LogP contribution >= 0.6 is 0 Å². The molecule has 2 heterocycles. The molecule has 0 aliphatic carbocycles. The average molecular weight is 280 g/mol. The number of β-amino-alcohol motifs (C(OH)–C–C–N with tert-alkyl or cyclic N) is 1. The first kappa shape index (κ1) is 14.3. The number of H-pyrrole nitrogens is 1. The number of carbonyl (C=O) groups is 3. The fourth-order valence-electron chi connectivity index (χ4n) is 2.27. The van der Waals surface area contributed by atoms with Gasteiger partial charge in [0.2, 0.25) is 0 Å². The zero-order valence-corrected chi connectivity index (χ0v) is 11.3. The number of nitrogens with one attached hydrogen (secondary N) is 1. The summed E-state index contributed by atoms with van der Waals surface area (Å²) in [5.41, 5.74) is 0.598. The van der Waals surface area contributed by atoms with E-state index in [1.165, 1.54) is 31.2 Å². The molecule has 0 radical (unpaired) electrons. The molecule has 0 saturated carbocycles. The predicted octanol–water partition coefficient (Wildman–Crippen LogP) is -0.0343. The van der Waals surface area contributed by atoms with Gasteiger partial charge >= 0.3 is 5.97 Å². The van der Waals surface area contributed by atoms with Crippen molar-refractivity contribution < 1.29 is 24.2 Å². The minimum atomic E-state index is -0.799. The van der Waals surface area contributed by atoms with Gasteiger partial charge in [-0.1, -0.05) is 0 Å². The molecule has 1 fully saturated rings. The van der Waals surface area contributed by atoms with E-state index in [0.717, 1.165) is 0 Å². The number of ketones is 1. The van der Waals surface area contributed by atoms with Crippen LogP contribution in [0.2, 0.25) is 0 Å². The molecule has 1 aromatic rings. The minimum Gasteiger partial charge on any atom is -0.467 e. The van der Waals surface area contributed by atoms with Crippen molar-refractivity contribution >= 4 is 17.7 Å². The van der Waals surface area contributed by atoms with E-state index in [2.05, 4.69) is 9.72 Å². The lowest BCUT2D eigenvalue weighted by Crippen LogP contribution is -2.41. The van der Waals surface area contributed by atoms with Gasteiger partial charge in [0.1, 0.15) is 11.7 Å². The zero-order valence-electron chi connectivity index (χ0n) is 11.3. The van der Waals surface area contributed by atoms with Crippen LogP contribution in [0, 0.1) is 0 Å². The number of methoxy groups -OCH3 is 1. The van der Waals surface area contributed by atoms with Crippen molar-refractivity contribution in [1.29, 1.82) is 0 Å². The molecule has 7 nitrogen and oxygen atoms in total. The molecule has 1 aliphatic heterocycles. The second-order valence-electron chi connectivity index (χ2n) is 4.74. The Hall–Kier alpha value is -2.15. The number of hydrogen-bond acceptors (Lipinski definition) is 5. The molecule has 0 spiro atoms. The third-order valence-electron chi connectivity index (χ3n) is 3.33. The number of esters is 1. The molecule has 1 aliphatic rings. The first-order valence-corrected chi connectivity index (χ1v) is 6.20. The van der Waals surface area contributed by atoms with E-state index in [1.807, 2.05) is 0 Å². The van der Waals surface area contributed by atoms with Crippen LogP contribution in [0.15, 0.2) is 12.3 Å². The van der Waals surface area contributed by atoms with Crippen LogP contribution in [0.1, 0.15) is 34.2 Å². The van der Waals surface area contributed by atoms with Gasteiger partial charge in [0.05, 0.1) is 13.2 Å². The topological polar surface area (TPSA) is 99.7 Å². The number of aromatic nitrogens is 1. The van der Waals surface area contributed by atoms with E-state index in [4.69, 9.17) is 0 Å². The Morgan fingerprint density at radius 3 is 2.70 bits per heavy atom. The van der Waals surface area contributed by atoms with Crippen LogP contribution in [0.4, 0.5) is 0 Å². The SMILES string of the molecule is COC(=O)C1CC(O)CN1C(=O)c1cc(C(C)=O)c[nH]1. The van der Waals surface area contributed by atoms with Gasteiger partial charge in [-0.25, -0.2) is 4.79 Å². The first-order chi connectivity index (χ1) is 9.43. The van der Waals surface area contributed by atoms with Crippen molar-refractivity contribution in [2.45, 2.75) is 25.5 Å². The Morgan fingerprint density at radius 1 is 1.45 bits per heavy atom. The lowest BCUT2D eigenvalue weighted by atomic mass is 10.2. The van der Waals surface area contributed by atoms with E-state index >= 15 is 0 Å². The number of hydrogen-bond donors (Lipinski definition) is 2. The highest BCUT2D eigenvalue weighted by molar-refractivity contribution is 6.00. The molecule has 7 heteroatoms. The number of carbonyl (C=O) groups excluding carboxylic acids is 3. The summed E-state index contributed by atoms with van der Waals surface area (Å²) in [6, 6.07) is 0.635. The fourth-order valence-corrected chi connectivity index (χ4v) is 2.27.